The zero-order chi connectivity index (χ0) is 19.6. The predicted molar refractivity (Wildman–Crippen MR) is 91.0 cm³/mol. The molecule has 6 heteroatoms. The standard InChI is InChI=1S/C20H22F4O2/c1-11(2)18(14-5-7-15(21)8-6-14)19(25)26-17-9-12(3)16(13(17)4)10-20(22,23)24/h5-8,11,17-18H,3,9-10H2,1-2,4H3/t17?,18-/m0/s1. The van der Waals surface area contributed by atoms with E-state index in [2.05, 4.69) is 6.58 Å². The molecule has 26 heavy (non-hydrogen) atoms. The monoisotopic (exact) mass is 370 g/mol. The van der Waals surface area contributed by atoms with Gasteiger partial charge in [-0.05, 0) is 47.3 Å². The van der Waals surface area contributed by atoms with Gasteiger partial charge in [0.2, 0.25) is 0 Å². The van der Waals surface area contributed by atoms with E-state index in [0.717, 1.165) is 0 Å². The molecule has 2 nitrogen and oxygen atoms in total. The van der Waals surface area contributed by atoms with Crippen LogP contribution in [0.3, 0.4) is 0 Å². The molecule has 1 aromatic rings. The summed E-state index contributed by atoms with van der Waals surface area (Å²) in [4.78, 5) is 12.7. The van der Waals surface area contributed by atoms with Crippen molar-refractivity contribution in [1.82, 2.24) is 0 Å². The van der Waals surface area contributed by atoms with Gasteiger partial charge in [-0.15, -0.1) is 0 Å². The fourth-order valence-corrected chi connectivity index (χ4v) is 3.24. The molecule has 0 bridgehead atoms. The lowest BCUT2D eigenvalue weighted by Gasteiger charge is -2.23. The molecule has 1 aromatic carbocycles. The van der Waals surface area contributed by atoms with E-state index in [1.165, 1.54) is 24.3 Å². The molecule has 0 saturated carbocycles. The predicted octanol–water partition coefficient (Wildman–Crippen LogP) is 5.71. The Balaban J connectivity index is 2.19. The number of ether oxygens (including phenoxy) is 1. The number of esters is 1. The lowest BCUT2D eigenvalue weighted by Crippen LogP contribution is -2.26. The van der Waals surface area contributed by atoms with Crippen molar-refractivity contribution in [2.24, 2.45) is 5.92 Å². The van der Waals surface area contributed by atoms with Crippen molar-refractivity contribution in [2.75, 3.05) is 0 Å². The molecule has 1 unspecified atom stereocenters. The minimum absolute atomic E-state index is 0.109. The minimum atomic E-state index is -4.34. The maximum atomic E-state index is 13.1. The Labute approximate surface area is 150 Å². The van der Waals surface area contributed by atoms with Gasteiger partial charge in [0.05, 0.1) is 12.3 Å². The first-order valence-electron chi connectivity index (χ1n) is 8.40. The Hall–Kier alpha value is -2.11. The third-order valence-corrected chi connectivity index (χ3v) is 4.60. The first-order chi connectivity index (χ1) is 12.0. The van der Waals surface area contributed by atoms with Crippen LogP contribution in [0.2, 0.25) is 0 Å². The van der Waals surface area contributed by atoms with Crippen LogP contribution in [0.1, 0.15) is 45.1 Å². The van der Waals surface area contributed by atoms with Crippen molar-refractivity contribution >= 4 is 5.97 Å². The molecule has 0 amide bonds. The van der Waals surface area contributed by atoms with E-state index in [1.54, 1.807) is 6.92 Å². The molecule has 0 fully saturated rings. The molecule has 1 aliphatic rings. The van der Waals surface area contributed by atoms with Gasteiger partial charge in [-0.3, -0.25) is 4.79 Å². The number of halogens is 4. The smallest absolute Gasteiger partial charge is 0.393 e. The second-order valence-electron chi connectivity index (χ2n) is 6.96. The second-order valence-corrected chi connectivity index (χ2v) is 6.96. The SMILES string of the molecule is C=C1CC(OC(=O)[C@H](c2ccc(F)cc2)C(C)C)C(C)=C1CC(F)(F)F. The molecule has 0 radical (unpaired) electrons. The van der Waals surface area contributed by atoms with E-state index in [0.29, 0.717) is 16.7 Å². The van der Waals surface area contributed by atoms with Crippen molar-refractivity contribution in [2.45, 2.75) is 51.8 Å². The Morgan fingerprint density at radius 1 is 1.27 bits per heavy atom. The van der Waals surface area contributed by atoms with Crippen LogP contribution in [0, 0.1) is 11.7 Å². The van der Waals surface area contributed by atoms with Crippen molar-refractivity contribution in [1.29, 1.82) is 0 Å². The number of carbonyl (C=O) groups excluding carboxylic acids is 1. The zero-order valence-electron chi connectivity index (χ0n) is 15.0. The van der Waals surface area contributed by atoms with Crippen LogP contribution in [-0.2, 0) is 9.53 Å². The molecule has 2 rings (SSSR count). The molecule has 2 atom stereocenters. The van der Waals surface area contributed by atoms with Crippen LogP contribution in [0.4, 0.5) is 17.6 Å². The van der Waals surface area contributed by atoms with Crippen molar-refractivity contribution in [3.8, 4) is 0 Å². The van der Waals surface area contributed by atoms with Gasteiger partial charge in [0.25, 0.3) is 0 Å². The number of alkyl halides is 3. The number of rotatable bonds is 5. The maximum Gasteiger partial charge on any atom is 0.393 e. The molecule has 0 heterocycles. The van der Waals surface area contributed by atoms with Gasteiger partial charge in [0, 0.05) is 6.42 Å². The highest BCUT2D eigenvalue weighted by atomic mass is 19.4. The number of carbonyl (C=O) groups is 1. The number of allylic oxidation sites excluding steroid dienone is 1. The zero-order valence-corrected chi connectivity index (χ0v) is 15.0. The van der Waals surface area contributed by atoms with Crippen molar-refractivity contribution in [3.05, 3.63) is 58.9 Å². The summed E-state index contributed by atoms with van der Waals surface area (Å²) in [7, 11) is 0. The van der Waals surface area contributed by atoms with E-state index in [1.807, 2.05) is 13.8 Å². The van der Waals surface area contributed by atoms with Crippen LogP contribution in [0.25, 0.3) is 0 Å². The van der Waals surface area contributed by atoms with Gasteiger partial charge in [-0.2, -0.15) is 13.2 Å². The summed E-state index contributed by atoms with van der Waals surface area (Å²) in [5, 5.41) is 0. The van der Waals surface area contributed by atoms with Crippen molar-refractivity contribution in [3.63, 3.8) is 0 Å². The fourth-order valence-electron chi connectivity index (χ4n) is 3.24. The number of hydrogen-bond acceptors (Lipinski definition) is 2. The molecule has 142 valence electrons. The average molecular weight is 370 g/mol. The highest BCUT2D eigenvalue weighted by Gasteiger charge is 2.37. The Morgan fingerprint density at radius 3 is 2.35 bits per heavy atom. The van der Waals surface area contributed by atoms with Gasteiger partial charge in [-0.1, -0.05) is 32.6 Å². The summed E-state index contributed by atoms with van der Waals surface area (Å²) in [5.74, 6) is -1.68. The van der Waals surface area contributed by atoms with Crippen LogP contribution >= 0.6 is 0 Å². The van der Waals surface area contributed by atoms with Gasteiger partial charge in [0.15, 0.2) is 0 Å². The summed E-state index contributed by atoms with van der Waals surface area (Å²) in [6, 6.07) is 5.57. The van der Waals surface area contributed by atoms with Crippen molar-refractivity contribution < 1.29 is 27.1 Å². The van der Waals surface area contributed by atoms with Gasteiger partial charge in [0.1, 0.15) is 11.9 Å². The van der Waals surface area contributed by atoms with Crippen LogP contribution in [0.5, 0.6) is 0 Å². The summed E-state index contributed by atoms with van der Waals surface area (Å²) < 4.78 is 56.8. The topological polar surface area (TPSA) is 26.3 Å². The highest BCUT2D eigenvalue weighted by Crippen LogP contribution is 2.40. The van der Waals surface area contributed by atoms with Crippen LogP contribution in [0.15, 0.2) is 47.6 Å². The average Bonchev–Trinajstić information content (AvgIpc) is 2.75. The summed E-state index contributed by atoms with van der Waals surface area (Å²) in [6.07, 6.45) is -5.99. The van der Waals surface area contributed by atoms with E-state index < -0.39 is 36.4 Å². The fraction of sp³-hybridized carbons (Fsp3) is 0.450. The Bertz CT molecular complexity index is 714. The minimum Gasteiger partial charge on any atom is -0.457 e. The first kappa shape index (κ1) is 20.2. The molecule has 1 aliphatic carbocycles. The van der Waals surface area contributed by atoms with Gasteiger partial charge in [-0.25, -0.2) is 4.39 Å². The number of hydrogen-bond donors (Lipinski definition) is 0. The molecular formula is C20H22F4O2. The van der Waals surface area contributed by atoms with Crippen LogP contribution < -0.4 is 0 Å². The summed E-state index contributed by atoms with van der Waals surface area (Å²) >= 11 is 0. The lowest BCUT2D eigenvalue weighted by atomic mass is 9.88. The third-order valence-electron chi connectivity index (χ3n) is 4.60. The lowest BCUT2D eigenvalue weighted by molar-refractivity contribution is -0.150. The maximum absolute atomic E-state index is 13.1. The third kappa shape index (κ3) is 4.74. The Kier molecular flexibility index (Phi) is 5.94. The first-order valence-corrected chi connectivity index (χ1v) is 8.40. The van der Waals surface area contributed by atoms with E-state index in [-0.39, 0.29) is 17.9 Å². The quantitative estimate of drug-likeness (QED) is 0.490. The largest absolute Gasteiger partial charge is 0.457 e. The summed E-state index contributed by atoms with van der Waals surface area (Å²) in [6.45, 7) is 8.89. The molecule has 0 saturated heterocycles. The molecule has 0 spiro atoms. The molecule has 0 N–H and O–H groups in total. The highest BCUT2D eigenvalue weighted by molar-refractivity contribution is 5.79. The second kappa shape index (κ2) is 7.64. The molecule has 0 aliphatic heterocycles. The molecular weight excluding hydrogens is 348 g/mol. The van der Waals surface area contributed by atoms with E-state index in [4.69, 9.17) is 4.74 Å². The van der Waals surface area contributed by atoms with Crippen LogP contribution in [-0.4, -0.2) is 18.2 Å². The molecule has 0 aromatic heterocycles. The van der Waals surface area contributed by atoms with Gasteiger partial charge >= 0.3 is 12.1 Å². The normalized spacial score (nSPS) is 19.2. The summed E-state index contributed by atoms with van der Waals surface area (Å²) in [5.41, 5.74) is 1.46. The van der Waals surface area contributed by atoms with Gasteiger partial charge < -0.3 is 4.74 Å². The van der Waals surface area contributed by atoms with E-state index >= 15 is 0 Å². The van der Waals surface area contributed by atoms with E-state index in [9.17, 15) is 22.4 Å². The number of benzene rings is 1. The Morgan fingerprint density at radius 2 is 1.85 bits per heavy atom.